The molecule has 4 rings (SSSR count). The van der Waals surface area contributed by atoms with E-state index < -0.39 is 17.7 Å². The van der Waals surface area contributed by atoms with E-state index in [0.29, 0.717) is 28.4 Å². The number of benzene rings is 2. The van der Waals surface area contributed by atoms with Crippen molar-refractivity contribution < 1.29 is 13.9 Å². The van der Waals surface area contributed by atoms with Crippen LogP contribution in [0.2, 0.25) is 0 Å². The van der Waals surface area contributed by atoms with Crippen LogP contribution < -0.4 is 5.56 Å². The Hall–Kier alpha value is -2.78. The number of para-hydroxylation sites is 1. The summed E-state index contributed by atoms with van der Waals surface area (Å²) in [5.41, 5.74) is 0.118. The van der Waals surface area contributed by atoms with Crippen LogP contribution in [0, 0.1) is 11.6 Å². The number of halogens is 2. The van der Waals surface area contributed by atoms with Gasteiger partial charge in [0.15, 0.2) is 5.16 Å². The Balaban J connectivity index is 1.76. The SMILES string of the molecule is CCCn1c(=O)c2ccccc2n2c(SCC(O)c3c(F)cccc3F)nnc12. The molecule has 0 amide bonds. The smallest absolute Gasteiger partial charge is 0.262 e. The second-order valence-corrected chi connectivity index (χ2v) is 7.54. The number of thioether (sulfide) groups is 1. The molecule has 150 valence electrons. The average Bonchev–Trinajstić information content (AvgIpc) is 3.13. The first-order chi connectivity index (χ1) is 14.0. The number of aliphatic hydroxyl groups excluding tert-OH is 1. The highest BCUT2D eigenvalue weighted by Gasteiger charge is 2.21. The molecule has 0 radical (unpaired) electrons. The van der Waals surface area contributed by atoms with Gasteiger partial charge in [-0.25, -0.2) is 8.78 Å². The fourth-order valence-electron chi connectivity index (χ4n) is 3.32. The molecule has 0 saturated carbocycles. The van der Waals surface area contributed by atoms with Gasteiger partial charge in [-0.05, 0) is 30.7 Å². The Morgan fingerprint density at radius 1 is 1.10 bits per heavy atom. The molecule has 2 aromatic heterocycles. The van der Waals surface area contributed by atoms with E-state index in [2.05, 4.69) is 10.2 Å². The largest absolute Gasteiger partial charge is 0.387 e. The molecule has 29 heavy (non-hydrogen) atoms. The molecule has 0 saturated heterocycles. The summed E-state index contributed by atoms with van der Waals surface area (Å²) in [6.07, 6.45) is -0.615. The number of aliphatic hydroxyl groups is 1. The highest BCUT2D eigenvalue weighted by molar-refractivity contribution is 7.99. The van der Waals surface area contributed by atoms with Crippen LogP contribution in [0.5, 0.6) is 0 Å². The highest BCUT2D eigenvalue weighted by Crippen LogP contribution is 2.28. The lowest BCUT2D eigenvalue weighted by molar-refractivity contribution is 0.193. The van der Waals surface area contributed by atoms with Gasteiger partial charge in [-0.2, -0.15) is 0 Å². The zero-order valence-electron chi connectivity index (χ0n) is 15.5. The van der Waals surface area contributed by atoms with Gasteiger partial charge in [0.05, 0.1) is 22.6 Å². The molecule has 0 fully saturated rings. The number of rotatable bonds is 6. The average molecular weight is 416 g/mol. The zero-order valence-corrected chi connectivity index (χ0v) is 16.4. The maximum absolute atomic E-state index is 13.9. The molecule has 1 N–H and O–H groups in total. The van der Waals surface area contributed by atoms with Crippen molar-refractivity contribution in [2.75, 3.05) is 5.75 Å². The maximum Gasteiger partial charge on any atom is 0.262 e. The molecule has 1 unspecified atom stereocenters. The topological polar surface area (TPSA) is 72.4 Å². The van der Waals surface area contributed by atoms with Gasteiger partial charge in [0.25, 0.3) is 5.56 Å². The van der Waals surface area contributed by atoms with Crippen LogP contribution in [0.4, 0.5) is 8.78 Å². The van der Waals surface area contributed by atoms with E-state index in [4.69, 9.17) is 0 Å². The first-order valence-corrected chi connectivity index (χ1v) is 10.1. The standard InChI is InChI=1S/C20H18F2N4O2S/c1-2-10-25-18(28)12-6-3-4-9-15(12)26-19(25)23-24-20(26)29-11-16(27)17-13(21)7-5-8-14(17)22/h3-9,16,27H,2,10-11H2,1H3. The minimum atomic E-state index is -1.36. The summed E-state index contributed by atoms with van der Waals surface area (Å²) in [5.74, 6) is -1.23. The lowest BCUT2D eigenvalue weighted by Crippen LogP contribution is -2.23. The lowest BCUT2D eigenvalue weighted by Gasteiger charge is -2.13. The molecular weight excluding hydrogens is 398 g/mol. The molecule has 0 spiro atoms. The lowest BCUT2D eigenvalue weighted by atomic mass is 10.1. The Bertz CT molecular complexity index is 1230. The summed E-state index contributed by atoms with van der Waals surface area (Å²) in [7, 11) is 0. The van der Waals surface area contributed by atoms with Crippen molar-refractivity contribution in [2.24, 2.45) is 0 Å². The number of nitrogens with zero attached hydrogens (tertiary/aromatic N) is 4. The van der Waals surface area contributed by atoms with Crippen LogP contribution in [0.25, 0.3) is 16.7 Å². The van der Waals surface area contributed by atoms with Crippen molar-refractivity contribution in [3.63, 3.8) is 0 Å². The van der Waals surface area contributed by atoms with E-state index in [0.717, 1.165) is 30.3 Å². The van der Waals surface area contributed by atoms with E-state index in [1.165, 1.54) is 6.07 Å². The minimum Gasteiger partial charge on any atom is -0.387 e. The molecule has 4 aromatic rings. The first-order valence-electron chi connectivity index (χ1n) is 9.14. The molecule has 0 aliphatic rings. The summed E-state index contributed by atoms with van der Waals surface area (Å²) in [6.45, 7) is 2.45. The normalized spacial score (nSPS) is 12.7. The van der Waals surface area contributed by atoms with Crippen LogP contribution in [0.3, 0.4) is 0 Å². The third kappa shape index (κ3) is 3.40. The number of hydrogen-bond donors (Lipinski definition) is 1. The highest BCUT2D eigenvalue weighted by atomic mass is 32.2. The monoisotopic (exact) mass is 416 g/mol. The first kappa shape index (κ1) is 19.5. The molecule has 2 heterocycles. The summed E-state index contributed by atoms with van der Waals surface area (Å²) >= 11 is 1.12. The molecule has 9 heteroatoms. The van der Waals surface area contributed by atoms with E-state index >= 15 is 0 Å². The van der Waals surface area contributed by atoms with Crippen molar-refractivity contribution in [1.82, 2.24) is 19.2 Å². The number of hydrogen-bond acceptors (Lipinski definition) is 5. The third-order valence-electron chi connectivity index (χ3n) is 4.63. The van der Waals surface area contributed by atoms with Crippen molar-refractivity contribution in [3.05, 3.63) is 70.0 Å². The van der Waals surface area contributed by atoms with Gasteiger partial charge in [-0.3, -0.25) is 13.8 Å². The predicted molar refractivity (Wildman–Crippen MR) is 107 cm³/mol. The third-order valence-corrected chi connectivity index (χ3v) is 5.63. The fourth-order valence-corrected chi connectivity index (χ4v) is 4.20. The van der Waals surface area contributed by atoms with Crippen LogP contribution in [0.1, 0.15) is 25.0 Å². The Morgan fingerprint density at radius 3 is 2.55 bits per heavy atom. The van der Waals surface area contributed by atoms with Crippen LogP contribution >= 0.6 is 11.8 Å². The van der Waals surface area contributed by atoms with Crippen molar-refractivity contribution >= 4 is 28.4 Å². The van der Waals surface area contributed by atoms with E-state index in [1.54, 1.807) is 27.2 Å². The van der Waals surface area contributed by atoms with Crippen molar-refractivity contribution in [2.45, 2.75) is 31.1 Å². The van der Waals surface area contributed by atoms with Crippen LogP contribution in [-0.2, 0) is 6.54 Å². The molecule has 0 bridgehead atoms. The number of fused-ring (bicyclic) bond motifs is 3. The molecule has 2 aromatic carbocycles. The Labute approximate surface area is 168 Å². The van der Waals surface area contributed by atoms with Crippen molar-refractivity contribution in [1.29, 1.82) is 0 Å². The van der Waals surface area contributed by atoms with E-state index in [-0.39, 0.29) is 16.9 Å². The van der Waals surface area contributed by atoms with Crippen molar-refractivity contribution in [3.8, 4) is 0 Å². The fraction of sp³-hybridized carbons (Fsp3) is 0.250. The zero-order chi connectivity index (χ0) is 20.5. The summed E-state index contributed by atoms with van der Waals surface area (Å²) in [5, 5.41) is 19.6. The maximum atomic E-state index is 13.9. The number of aromatic nitrogens is 4. The van der Waals surface area contributed by atoms with E-state index in [9.17, 15) is 18.7 Å². The summed E-state index contributed by atoms with van der Waals surface area (Å²) in [6, 6.07) is 10.6. The molecule has 0 aliphatic carbocycles. The molecule has 1 atom stereocenters. The molecule has 0 aliphatic heterocycles. The second kappa shape index (κ2) is 7.92. The van der Waals surface area contributed by atoms with Gasteiger partial charge in [-0.1, -0.05) is 36.9 Å². The van der Waals surface area contributed by atoms with E-state index in [1.807, 2.05) is 13.0 Å². The van der Waals surface area contributed by atoms with Gasteiger partial charge in [0.2, 0.25) is 5.78 Å². The Kier molecular flexibility index (Phi) is 5.33. The Morgan fingerprint density at radius 2 is 1.83 bits per heavy atom. The predicted octanol–water partition coefficient (Wildman–Crippen LogP) is 3.56. The summed E-state index contributed by atoms with van der Waals surface area (Å²) in [4.78, 5) is 12.8. The van der Waals surface area contributed by atoms with Gasteiger partial charge in [0.1, 0.15) is 11.6 Å². The number of aryl methyl sites for hydroxylation is 1. The van der Waals surface area contributed by atoms with Crippen LogP contribution in [0.15, 0.2) is 52.4 Å². The molecule has 6 nitrogen and oxygen atoms in total. The summed E-state index contributed by atoms with van der Waals surface area (Å²) < 4.78 is 31.2. The molecular formula is C20H18F2N4O2S. The van der Waals surface area contributed by atoms with Gasteiger partial charge in [0, 0.05) is 12.3 Å². The van der Waals surface area contributed by atoms with Gasteiger partial charge in [-0.15, -0.1) is 10.2 Å². The van der Waals surface area contributed by atoms with Gasteiger partial charge < -0.3 is 5.11 Å². The second-order valence-electron chi connectivity index (χ2n) is 6.55. The quantitative estimate of drug-likeness (QED) is 0.487. The van der Waals surface area contributed by atoms with Crippen LogP contribution in [-0.4, -0.2) is 30.0 Å². The van der Waals surface area contributed by atoms with Gasteiger partial charge >= 0.3 is 0 Å². The minimum absolute atomic E-state index is 0.0279.